The van der Waals surface area contributed by atoms with Crippen LogP contribution in [0, 0.1) is 5.92 Å². The lowest BCUT2D eigenvalue weighted by Crippen LogP contribution is -2.33. The third kappa shape index (κ3) is 3.85. The monoisotopic (exact) mass is 325 g/mol. The Balaban J connectivity index is 1.71. The van der Waals surface area contributed by atoms with Gasteiger partial charge in [-0.1, -0.05) is 18.2 Å². The molecule has 0 N–H and O–H groups in total. The Morgan fingerprint density at radius 3 is 2.79 bits per heavy atom. The summed E-state index contributed by atoms with van der Waals surface area (Å²) in [7, 11) is 1.66. The van der Waals surface area contributed by atoms with Gasteiger partial charge < -0.3 is 14.2 Å². The first kappa shape index (κ1) is 16.3. The van der Waals surface area contributed by atoms with E-state index in [1.54, 1.807) is 19.4 Å². The molecular formula is C19H23N3O2. The number of amides is 1. The van der Waals surface area contributed by atoms with E-state index in [0.717, 1.165) is 31.0 Å². The smallest absolute Gasteiger partial charge is 0.226 e. The Morgan fingerprint density at radius 2 is 2.17 bits per heavy atom. The minimum atomic E-state index is 0.204. The van der Waals surface area contributed by atoms with Gasteiger partial charge in [0.1, 0.15) is 11.6 Å². The molecule has 1 fully saturated rings. The lowest BCUT2D eigenvalue weighted by molar-refractivity contribution is -0.132. The molecule has 0 unspecified atom stereocenters. The molecule has 1 aliphatic carbocycles. The fourth-order valence-corrected chi connectivity index (χ4v) is 2.71. The summed E-state index contributed by atoms with van der Waals surface area (Å²) in [5.74, 6) is 2.15. The van der Waals surface area contributed by atoms with Gasteiger partial charge in [0.2, 0.25) is 5.91 Å². The van der Waals surface area contributed by atoms with Gasteiger partial charge in [0.05, 0.1) is 13.7 Å². The van der Waals surface area contributed by atoms with E-state index in [-0.39, 0.29) is 11.8 Å². The molecule has 1 heterocycles. The zero-order valence-electron chi connectivity index (χ0n) is 14.0. The van der Waals surface area contributed by atoms with E-state index in [2.05, 4.69) is 16.1 Å². The highest BCUT2D eigenvalue weighted by Gasteiger charge is 2.33. The van der Waals surface area contributed by atoms with E-state index in [1.165, 1.54) is 5.56 Å². The summed E-state index contributed by atoms with van der Waals surface area (Å²) >= 11 is 0. The second kappa shape index (κ2) is 7.34. The molecule has 1 aromatic heterocycles. The van der Waals surface area contributed by atoms with Crippen molar-refractivity contribution in [3.8, 4) is 5.75 Å². The first-order valence-corrected chi connectivity index (χ1v) is 8.24. The molecule has 0 saturated heterocycles. The van der Waals surface area contributed by atoms with Crippen LogP contribution >= 0.6 is 0 Å². The van der Waals surface area contributed by atoms with Gasteiger partial charge in [-0.25, -0.2) is 4.98 Å². The third-order valence-electron chi connectivity index (χ3n) is 4.23. The maximum atomic E-state index is 12.4. The first-order valence-electron chi connectivity index (χ1n) is 8.24. The molecule has 0 spiro atoms. The number of ether oxygens (including phenoxy) is 1. The van der Waals surface area contributed by atoms with Gasteiger partial charge in [-0.05, 0) is 30.5 Å². The minimum Gasteiger partial charge on any atom is -0.497 e. The van der Waals surface area contributed by atoms with Gasteiger partial charge in [-0.2, -0.15) is 0 Å². The predicted octanol–water partition coefficient (Wildman–Crippen LogP) is 2.86. The van der Waals surface area contributed by atoms with Crippen molar-refractivity contribution >= 4 is 5.91 Å². The van der Waals surface area contributed by atoms with Crippen LogP contribution in [0.4, 0.5) is 0 Å². The van der Waals surface area contributed by atoms with Crippen LogP contribution in [0.3, 0.4) is 0 Å². The standard InChI is InChI=1S/C19H23N3O2/c1-3-11-22(19(23)16-6-7-16)14-18-20-10-12-21(18)13-15-4-8-17(24-2)9-5-15/h3-5,8-10,12,16H,1,6-7,11,13-14H2,2H3. The number of hydrogen-bond donors (Lipinski definition) is 0. The van der Waals surface area contributed by atoms with E-state index < -0.39 is 0 Å². The van der Waals surface area contributed by atoms with Crippen molar-refractivity contribution in [2.45, 2.75) is 25.9 Å². The van der Waals surface area contributed by atoms with Gasteiger partial charge in [0, 0.05) is 31.4 Å². The van der Waals surface area contributed by atoms with Gasteiger partial charge in [0.15, 0.2) is 0 Å². The summed E-state index contributed by atoms with van der Waals surface area (Å²) in [6.07, 6.45) is 7.52. The summed E-state index contributed by atoms with van der Waals surface area (Å²) in [5.41, 5.74) is 1.17. The fourth-order valence-electron chi connectivity index (χ4n) is 2.71. The first-order chi connectivity index (χ1) is 11.7. The van der Waals surface area contributed by atoms with Crippen molar-refractivity contribution in [3.63, 3.8) is 0 Å². The van der Waals surface area contributed by atoms with Crippen molar-refractivity contribution in [1.29, 1.82) is 0 Å². The molecule has 0 atom stereocenters. The number of nitrogens with zero attached hydrogens (tertiary/aromatic N) is 3. The van der Waals surface area contributed by atoms with Crippen LogP contribution < -0.4 is 4.74 Å². The van der Waals surface area contributed by atoms with E-state index in [4.69, 9.17) is 4.74 Å². The number of aromatic nitrogens is 2. The van der Waals surface area contributed by atoms with Crippen molar-refractivity contribution < 1.29 is 9.53 Å². The minimum absolute atomic E-state index is 0.204. The van der Waals surface area contributed by atoms with Gasteiger partial charge >= 0.3 is 0 Å². The zero-order valence-corrected chi connectivity index (χ0v) is 14.0. The Hall–Kier alpha value is -2.56. The van der Waals surface area contributed by atoms with E-state index >= 15 is 0 Å². The number of hydrogen-bond acceptors (Lipinski definition) is 3. The van der Waals surface area contributed by atoms with Crippen molar-refractivity contribution in [2.24, 2.45) is 5.92 Å². The summed E-state index contributed by atoms with van der Waals surface area (Å²) in [4.78, 5) is 18.7. The van der Waals surface area contributed by atoms with Crippen LogP contribution in [0.15, 0.2) is 49.3 Å². The van der Waals surface area contributed by atoms with Crippen molar-refractivity contribution in [3.05, 3.63) is 60.7 Å². The molecule has 1 aromatic carbocycles. The van der Waals surface area contributed by atoms with Crippen LogP contribution in [0.5, 0.6) is 5.75 Å². The predicted molar refractivity (Wildman–Crippen MR) is 92.7 cm³/mol. The molecule has 2 aromatic rings. The van der Waals surface area contributed by atoms with Gasteiger partial charge in [-0.3, -0.25) is 4.79 Å². The van der Waals surface area contributed by atoms with Crippen molar-refractivity contribution in [1.82, 2.24) is 14.5 Å². The summed E-state index contributed by atoms with van der Waals surface area (Å²) in [6, 6.07) is 7.98. The third-order valence-corrected chi connectivity index (χ3v) is 4.23. The Labute approximate surface area is 142 Å². The molecular weight excluding hydrogens is 302 g/mol. The van der Waals surface area contributed by atoms with Crippen molar-refractivity contribution in [2.75, 3.05) is 13.7 Å². The Kier molecular flexibility index (Phi) is 4.99. The Morgan fingerprint density at radius 1 is 1.42 bits per heavy atom. The zero-order chi connectivity index (χ0) is 16.9. The summed E-state index contributed by atoms with van der Waals surface area (Å²) in [5, 5.41) is 0. The fraction of sp³-hybridized carbons (Fsp3) is 0.368. The molecule has 24 heavy (non-hydrogen) atoms. The van der Waals surface area contributed by atoms with E-state index in [1.807, 2.05) is 35.4 Å². The van der Waals surface area contributed by atoms with Crippen LogP contribution in [-0.2, 0) is 17.9 Å². The number of carbonyl (C=O) groups excluding carboxylic acids is 1. The lowest BCUT2D eigenvalue weighted by Gasteiger charge is -2.21. The van der Waals surface area contributed by atoms with Crippen LogP contribution in [0.1, 0.15) is 24.2 Å². The molecule has 1 aliphatic rings. The average Bonchev–Trinajstić information content (AvgIpc) is 3.37. The molecule has 5 heteroatoms. The molecule has 0 radical (unpaired) electrons. The molecule has 1 amide bonds. The van der Waals surface area contributed by atoms with Gasteiger partial charge in [-0.15, -0.1) is 6.58 Å². The average molecular weight is 325 g/mol. The van der Waals surface area contributed by atoms with Crippen LogP contribution in [0.25, 0.3) is 0 Å². The highest BCUT2D eigenvalue weighted by atomic mass is 16.5. The second-order valence-corrected chi connectivity index (χ2v) is 6.10. The Bertz CT molecular complexity index is 702. The number of carbonyl (C=O) groups is 1. The van der Waals surface area contributed by atoms with Crippen LogP contribution in [0.2, 0.25) is 0 Å². The molecule has 0 aliphatic heterocycles. The topological polar surface area (TPSA) is 47.4 Å². The van der Waals surface area contributed by atoms with Crippen LogP contribution in [-0.4, -0.2) is 34.0 Å². The maximum absolute atomic E-state index is 12.4. The molecule has 3 rings (SSSR count). The second-order valence-electron chi connectivity index (χ2n) is 6.10. The normalized spacial score (nSPS) is 13.5. The highest BCUT2D eigenvalue weighted by Crippen LogP contribution is 2.31. The quantitative estimate of drug-likeness (QED) is 0.701. The van der Waals surface area contributed by atoms with E-state index in [9.17, 15) is 4.79 Å². The number of methoxy groups -OCH3 is 1. The maximum Gasteiger partial charge on any atom is 0.226 e. The summed E-state index contributed by atoms with van der Waals surface area (Å²) in [6.45, 7) is 5.57. The van der Waals surface area contributed by atoms with Gasteiger partial charge in [0.25, 0.3) is 0 Å². The SMILES string of the molecule is C=CCN(Cc1nccn1Cc1ccc(OC)cc1)C(=O)C1CC1. The molecule has 5 nitrogen and oxygen atoms in total. The summed E-state index contributed by atoms with van der Waals surface area (Å²) < 4.78 is 7.27. The molecule has 0 bridgehead atoms. The number of benzene rings is 1. The lowest BCUT2D eigenvalue weighted by atomic mass is 10.2. The molecule has 1 saturated carbocycles. The highest BCUT2D eigenvalue weighted by molar-refractivity contribution is 5.81. The molecule has 126 valence electrons. The number of rotatable bonds is 8. The van der Waals surface area contributed by atoms with E-state index in [0.29, 0.717) is 13.1 Å². The largest absolute Gasteiger partial charge is 0.497 e. The number of imidazole rings is 1.